The molecule has 0 aliphatic rings. The Kier molecular flexibility index (Phi) is 18.5. The predicted molar refractivity (Wildman–Crippen MR) is 592 cm³/mol. The average Bonchev–Trinajstić information content (AvgIpc) is 1.55. The summed E-state index contributed by atoms with van der Waals surface area (Å²) < 4.78 is 36.0. The second kappa shape index (κ2) is 31.8. The van der Waals surface area contributed by atoms with Crippen molar-refractivity contribution in [3.05, 3.63) is 425 Å². The summed E-state index contributed by atoms with van der Waals surface area (Å²) in [6.07, 6.45) is 0. The molecule has 0 saturated heterocycles. The average molecular weight is 1810 g/mol. The summed E-state index contributed by atoms with van der Waals surface area (Å²) >= 11 is 3.79. The van der Waals surface area contributed by atoms with Crippen LogP contribution in [0.2, 0.25) is 0 Å². The number of furan rings is 2. The Morgan fingerprint density at radius 3 is 1.03 bits per heavy atom. The van der Waals surface area contributed by atoms with Crippen molar-refractivity contribution in [2.24, 2.45) is 42.3 Å². The number of thiophene rings is 2. The molecule has 12 heteroatoms. The van der Waals surface area contributed by atoms with Crippen molar-refractivity contribution in [1.29, 1.82) is 0 Å². The third kappa shape index (κ3) is 12.3. The summed E-state index contributed by atoms with van der Waals surface area (Å²) in [5.74, 6) is 0. The van der Waals surface area contributed by atoms with Gasteiger partial charge in [0.15, 0.2) is 0 Å². The van der Waals surface area contributed by atoms with Crippen LogP contribution >= 0.6 is 22.7 Å². The molecule has 0 aliphatic carbocycles. The van der Waals surface area contributed by atoms with Gasteiger partial charge in [0.2, 0.25) is 0 Å². The molecular weight excluding hydrogens is 1720 g/mol. The number of aryl methyl sites for hydroxylation is 6. The summed E-state index contributed by atoms with van der Waals surface area (Å²) in [4.78, 5) is 0. The summed E-state index contributed by atoms with van der Waals surface area (Å²) in [6.45, 7) is 0. The molecule has 12 heterocycles. The molecule has 20 aromatic carbocycles. The molecule has 0 atom stereocenters. The molecule has 0 radical (unpaired) electrons. The molecule has 0 amide bonds. The highest BCUT2D eigenvalue weighted by molar-refractivity contribution is 7.27. The van der Waals surface area contributed by atoms with Crippen LogP contribution in [0.15, 0.2) is 433 Å². The Balaban J connectivity index is 0.0000000838. The molecule has 138 heavy (non-hydrogen) atoms. The van der Waals surface area contributed by atoms with Crippen molar-refractivity contribution >= 4 is 281 Å². The number of hydrogen-bond acceptors (Lipinski definition) is 4. The highest BCUT2D eigenvalue weighted by Gasteiger charge is 2.24. The van der Waals surface area contributed by atoms with Crippen LogP contribution in [0.5, 0.6) is 0 Å². The third-order valence-corrected chi connectivity index (χ3v) is 31.5. The van der Waals surface area contributed by atoms with Crippen LogP contribution < -0.4 is 0 Å². The lowest BCUT2D eigenvalue weighted by atomic mass is 10.1. The molecule has 12 aromatic heterocycles. The zero-order valence-electron chi connectivity index (χ0n) is 76.6. The summed E-state index contributed by atoms with van der Waals surface area (Å²) in [7, 11) is 12.9. The molecule has 0 saturated carbocycles. The van der Waals surface area contributed by atoms with E-state index in [1.165, 1.54) is 248 Å². The van der Waals surface area contributed by atoms with Gasteiger partial charge in [0.25, 0.3) is 0 Å². The Labute approximate surface area is 799 Å². The van der Waals surface area contributed by atoms with E-state index >= 15 is 0 Å². The largest absolute Gasteiger partial charge is 0.456 e. The normalized spacial score (nSPS) is 12.0. The van der Waals surface area contributed by atoms with E-state index in [1.54, 1.807) is 0 Å². The minimum Gasteiger partial charge on any atom is -0.456 e. The van der Waals surface area contributed by atoms with Crippen molar-refractivity contribution < 1.29 is 8.83 Å². The highest BCUT2D eigenvalue weighted by atomic mass is 32.1. The van der Waals surface area contributed by atoms with Gasteiger partial charge in [0.1, 0.15) is 22.3 Å². The van der Waals surface area contributed by atoms with Crippen LogP contribution in [0.25, 0.3) is 270 Å². The number of benzene rings is 20. The van der Waals surface area contributed by atoms with Crippen LogP contribution in [-0.2, 0) is 42.3 Å². The van der Waals surface area contributed by atoms with Gasteiger partial charge in [-0.15, -0.1) is 22.7 Å². The standard InChI is InChI=1S/2C25H18N2.2C19H13NO.2C19H13NS/c1-26-22-13-7-5-11-18(22)20-15-21-19-12-6-8-14-23(19)27(25(21)16-24(20)26)17-9-3-2-4-10-17;1-26-20-13-7-5-11-18(20)24-22(26)15-16-23-25(24)19-12-6-8-14-21(19)27(23)17-9-3-2-4-10-17;1-20-16-8-4-2-6-12(16)14-10-15-13-7-3-5-9-18(13)21-19(15)11-17(14)20;1-20-14-8-4-2-6-12(14)18-15(20)10-11-17-19(18)13-7-3-5-9-16(13)21-17;1-20-15-8-4-2-7-14(15)18-16(20)11-10-13-12-6-3-5-9-17(12)21-19(13)18;1-20-14-8-4-2-6-12(14)18-15(20)10-11-17-19(18)13-7-3-5-9-16(13)21-17/h2*2-16H,1H3;4*2-11H,1H3. The van der Waals surface area contributed by atoms with Gasteiger partial charge in [0.05, 0.1) is 38.6 Å². The fourth-order valence-corrected chi connectivity index (χ4v) is 25.1. The smallest absolute Gasteiger partial charge is 0.137 e. The monoisotopic (exact) mass is 1810 g/mol. The SMILES string of the molecule is Cn1c2ccccc2c2c3c(ccc21)oc1ccccc13.Cn1c2ccccc2c2c3c(ccc21)sc1ccccc13.Cn1c2ccccc2c2c3c4ccccc4n(-c4ccccc4)c3ccc21.Cn1c2ccccc2c2c3sc4ccccc4c3ccc21.Cn1c2ccccc2c2cc3c(cc21)oc1ccccc13.Cn1c2ccccc2c2cc3c4ccccc4n(-c4ccccc4)c3cc21. The lowest BCUT2D eigenvalue weighted by Crippen LogP contribution is -1.93. The zero-order valence-corrected chi connectivity index (χ0v) is 78.3. The van der Waals surface area contributed by atoms with Gasteiger partial charge in [-0.25, -0.2) is 0 Å². The molecule has 0 aliphatic heterocycles. The number of aromatic nitrogens is 8. The first-order valence-electron chi connectivity index (χ1n) is 47.0. The molecule has 0 unspecified atom stereocenters. The van der Waals surface area contributed by atoms with E-state index in [-0.39, 0.29) is 0 Å². The molecule has 0 fully saturated rings. The molecule has 32 rings (SSSR count). The first-order chi connectivity index (χ1) is 68.0. The van der Waals surface area contributed by atoms with Gasteiger partial charge < -0.3 is 45.4 Å². The van der Waals surface area contributed by atoms with Gasteiger partial charge in [-0.3, -0.25) is 0 Å². The Morgan fingerprint density at radius 1 is 0.152 bits per heavy atom. The fraction of sp³-hybridized carbons (Fsp3) is 0.0476. The lowest BCUT2D eigenvalue weighted by Gasteiger charge is -2.08. The summed E-state index contributed by atoms with van der Waals surface area (Å²) in [5.41, 5.74) is 26.5. The summed E-state index contributed by atoms with van der Waals surface area (Å²) in [6, 6.07) is 151. The molecule has 10 nitrogen and oxygen atoms in total. The minimum absolute atomic E-state index is 0.951. The van der Waals surface area contributed by atoms with Crippen molar-refractivity contribution in [3.8, 4) is 11.4 Å². The number of nitrogens with zero attached hydrogens (tertiary/aromatic N) is 8. The van der Waals surface area contributed by atoms with Crippen LogP contribution in [0.1, 0.15) is 0 Å². The van der Waals surface area contributed by atoms with E-state index in [1.807, 2.05) is 46.9 Å². The first-order valence-corrected chi connectivity index (χ1v) is 48.7. The van der Waals surface area contributed by atoms with E-state index in [2.05, 4.69) is 479 Å². The molecule has 0 N–H and O–H groups in total. The van der Waals surface area contributed by atoms with Crippen LogP contribution in [-0.4, -0.2) is 36.5 Å². The van der Waals surface area contributed by atoms with Crippen molar-refractivity contribution in [2.45, 2.75) is 0 Å². The fourth-order valence-electron chi connectivity index (χ4n) is 22.8. The highest BCUT2D eigenvalue weighted by Crippen LogP contribution is 2.48. The van der Waals surface area contributed by atoms with E-state index in [0.29, 0.717) is 0 Å². The van der Waals surface area contributed by atoms with Crippen molar-refractivity contribution in [2.75, 3.05) is 0 Å². The Hall–Kier alpha value is -17.2. The molecule has 32 aromatic rings. The van der Waals surface area contributed by atoms with E-state index in [9.17, 15) is 0 Å². The number of hydrogen-bond donors (Lipinski definition) is 0. The molecule has 0 bridgehead atoms. The maximum Gasteiger partial charge on any atom is 0.137 e. The second-order valence-electron chi connectivity index (χ2n) is 36.3. The second-order valence-corrected chi connectivity index (χ2v) is 38.5. The van der Waals surface area contributed by atoms with Gasteiger partial charge >= 0.3 is 0 Å². The minimum atomic E-state index is 0.951. The van der Waals surface area contributed by atoms with E-state index in [0.717, 1.165) is 22.3 Å². The molecule has 0 spiro atoms. The van der Waals surface area contributed by atoms with Gasteiger partial charge in [-0.2, -0.15) is 0 Å². The maximum absolute atomic E-state index is 6.01. The molecule has 656 valence electrons. The Bertz CT molecular complexity index is 10400. The van der Waals surface area contributed by atoms with E-state index < -0.39 is 0 Å². The predicted octanol–water partition coefficient (Wildman–Crippen LogP) is 34.7. The maximum atomic E-state index is 6.01. The number of rotatable bonds is 2. The quantitative estimate of drug-likeness (QED) is 0.173. The van der Waals surface area contributed by atoms with Crippen molar-refractivity contribution in [1.82, 2.24) is 36.5 Å². The van der Waals surface area contributed by atoms with Gasteiger partial charge in [-0.05, 0) is 158 Å². The third-order valence-electron chi connectivity index (χ3n) is 29.1. The van der Waals surface area contributed by atoms with Crippen LogP contribution in [0.3, 0.4) is 0 Å². The Morgan fingerprint density at radius 2 is 0.478 bits per heavy atom. The van der Waals surface area contributed by atoms with Crippen molar-refractivity contribution in [3.63, 3.8) is 0 Å². The van der Waals surface area contributed by atoms with Crippen LogP contribution in [0, 0.1) is 0 Å². The number of fused-ring (bicyclic) bond motifs is 40. The van der Waals surface area contributed by atoms with E-state index in [4.69, 9.17) is 8.83 Å². The topological polar surface area (TPSA) is 65.7 Å². The first kappa shape index (κ1) is 80.5. The lowest BCUT2D eigenvalue weighted by molar-refractivity contribution is 0.669. The van der Waals surface area contributed by atoms with Gasteiger partial charge in [-0.1, -0.05) is 261 Å². The number of para-hydroxylation sites is 12. The molecular formula is C126H88N8O2S2. The summed E-state index contributed by atoms with van der Waals surface area (Å²) in [5, 5.41) is 31.5. The zero-order chi connectivity index (χ0) is 91.8. The van der Waals surface area contributed by atoms with Crippen LogP contribution in [0.4, 0.5) is 0 Å². The van der Waals surface area contributed by atoms with Gasteiger partial charge in [0, 0.05) is 257 Å².